The lowest BCUT2D eigenvalue weighted by atomic mass is 9.33. The van der Waals surface area contributed by atoms with Crippen molar-refractivity contribution in [3.05, 3.63) is 393 Å². The van der Waals surface area contributed by atoms with Gasteiger partial charge in [-0.3, -0.25) is 0 Å². The monoisotopic (exact) mass is 1550 g/mol. The lowest BCUT2D eigenvalue weighted by Gasteiger charge is -2.45. The molecule has 23 rings (SSSR count). The maximum Gasteiger partial charge on any atom is 0.252 e. The minimum absolute atomic E-state index is 0.0856. The van der Waals surface area contributed by atoms with Gasteiger partial charge >= 0.3 is 0 Å². The van der Waals surface area contributed by atoms with Crippen LogP contribution < -0.4 is 26.2 Å². The highest BCUT2D eigenvalue weighted by Gasteiger charge is 2.46. The molecule has 121 heavy (non-hydrogen) atoms. The van der Waals surface area contributed by atoms with Crippen LogP contribution in [0.5, 0.6) is 0 Å². The zero-order chi connectivity index (χ0) is 81.5. The first-order valence-electron chi connectivity index (χ1n) is 42.7. The average Bonchev–Trinajstić information content (AvgIpc) is 1.09. The molecule has 6 nitrogen and oxygen atoms in total. The molecular weight excluding hydrogens is 1460 g/mol. The second-order valence-corrected chi connectivity index (χ2v) is 36.5. The first-order valence-corrected chi connectivity index (χ1v) is 42.7. The van der Waals surface area contributed by atoms with E-state index in [0.717, 1.165) is 129 Å². The van der Waals surface area contributed by atoms with E-state index >= 15 is 0 Å². The largest absolute Gasteiger partial charge is 0.311 e. The number of fused-ring (bicyclic) bond motifs is 16. The smallest absolute Gasteiger partial charge is 0.252 e. The fourth-order valence-electron chi connectivity index (χ4n) is 20.2. The summed E-state index contributed by atoms with van der Waals surface area (Å²) in [4.78, 5) is 5.42. The SMILES string of the molecule is CC(C)(C)c1cc(-c2ccccc2)c(N2c3cc(-n4c5ccc(C(C)(C)C)cc5c5cc(C(C)(C)C)ccc54)ccc3B3c4ccc(-n5c6ccccc6c6ccccc65)cc4N(c4cc(-c5ccccc5)cc(-c5ccccc5)c4)c4cc(-n5c6ccccc6c6cc(-n7c8ccccc8c8ccccc87)ccc65)cc2c43)c(-c2ccccc2)c1. The topological polar surface area (TPSA) is 26.2 Å². The Labute approximate surface area is 706 Å². The summed E-state index contributed by atoms with van der Waals surface area (Å²) in [6, 6.07) is 143. The zero-order valence-corrected chi connectivity index (χ0v) is 69.6. The normalized spacial score (nSPS) is 13.0. The van der Waals surface area contributed by atoms with Crippen LogP contribution in [0.1, 0.15) is 79.0 Å². The molecular formula is C114H89BN6. The summed E-state index contributed by atoms with van der Waals surface area (Å²) < 4.78 is 10.1. The number of rotatable bonds is 10. The number of para-hydroxylation sites is 5. The minimum atomic E-state index is -0.313. The van der Waals surface area contributed by atoms with Gasteiger partial charge in [0.2, 0.25) is 0 Å². The number of hydrogen-bond donors (Lipinski definition) is 0. The summed E-state index contributed by atoms with van der Waals surface area (Å²) in [6.07, 6.45) is 0. The maximum atomic E-state index is 2.75. The Morgan fingerprint density at radius 2 is 0.504 bits per heavy atom. The number of benzene rings is 17. The van der Waals surface area contributed by atoms with Crippen molar-refractivity contribution >= 4 is 144 Å². The number of nitrogens with zero attached hydrogens (tertiary/aromatic N) is 6. The van der Waals surface area contributed by atoms with E-state index in [2.05, 4.69) is 466 Å². The Morgan fingerprint density at radius 3 is 0.909 bits per heavy atom. The van der Waals surface area contributed by atoms with Crippen molar-refractivity contribution in [1.29, 1.82) is 0 Å². The van der Waals surface area contributed by atoms with Gasteiger partial charge in [-0.15, -0.1) is 0 Å². The molecule has 4 aromatic heterocycles. The van der Waals surface area contributed by atoms with E-state index < -0.39 is 0 Å². The first kappa shape index (κ1) is 71.9. The third kappa shape index (κ3) is 11.4. The fourth-order valence-corrected chi connectivity index (χ4v) is 20.2. The van der Waals surface area contributed by atoms with Gasteiger partial charge in [0.1, 0.15) is 0 Å². The predicted octanol–water partition coefficient (Wildman–Crippen LogP) is 28.7. The summed E-state index contributed by atoms with van der Waals surface area (Å²) in [5, 5.41) is 9.73. The fraction of sp³-hybridized carbons (Fsp3) is 0.105. The van der Waals surface area contributed by atoms with Crippen LogP contribution in [-0.2, 0) is 16.2 Å². The molecule has 0 radical (unpaired) electrons. The summed E-state index contributed by atoms with van der Waals surface area (Å²) in [6.45, 7) is 20.8. The molecule has 2 aliphatic heterocycles. The number of hydrogen-bond acceptors (Lipinski definition) is 2. The number of anilines is 6. The summed E-state index contributed by atoms with van der Waals surface area (Å²) in [5.74, 6) is 0. The quantitative estimate of drug-likeness (QED) is 0.128. The Kier molecular flexibility index (Phi) is 16.1. The molecule has 0 saturated carbocycles. The molecule has 7 heteroatoms. The van der Waals surface area contributed by atoms with Gasteiger partial charge in [0, 0.05) is 99.7 Å². The molecule has 2 aliphatic rings. The van der Waals surface area contributed by atoms with E-state index in [4.69, 9.17) is 0 Å². The second-order valence-electron chi connectivity index (χ2n) is 36.5. The van der Waals surface area contributed by atoms with Crippen molar-refractivity contribution in [1.82, 2.24) is 18.3 Å². The van der Waals surface area contributed by atoms with Crippen LogP contribution in [-0.4, -0.2) is 25.0 Å². The Morgan fingerprint density at radius 1 is 0.198 bits per heavy atom. The highest BCUT2D eigenvalue weighted by molar-refractivity contribution is 7.00. The molecule has 578 valence electrons. The van der Waals surface area contributed by atoms with Gasteiger partial charge in [-0.1, -0.05) is 299 Å². The van der Waals surface area contributed by atoms with Crippen molar-refractivity contribution in [2.45, 2.75) is 78.6 Å². The first-order chi connectivity index (χ1) is 58.9. The summed E-state index contributed by atoms with van der Waals surface area (Å²) in [7, 11) is 0. The van der Waals surface area contributed by atoms with E-state index in [1.165, 1.54) is 92.8 Å². The molecule has 0 fully saturated rings. The van der Waals surface area contributed by atoms with Gasteiger partial charge in [0.15, 0.2) is 0 Å². The van der Waals surface area contributed by atoms with Gasteiger partial charge in [-0.25, -0.2) is 0 Å². The van der Waals surface area contributed by atoms with E-state index in [-0.39, 0.29) is 23.0 Å². The van der Waals surface area contributed by atoms with Gasteiger partial charge in [0.05, 0.1) is 55.5 Å². The third-order valence-electron chi connectivity index (χ3n) is 26.1. The van der Waals surface area contributed by atoms with Crippen LogP contribution in [0.2, 0.25) is 0 Å². The highest BCUT2D eigenvalue weighted by atomic mass is 15.2. The maximum absolute atomic E-state index is 2.75. The molecule has 0 spiro atoms. The number of aromatic nitrogens is 4. The minimum Gasteiger partial charge on any atom is -0.311 e. The summed E-state index contributed by atoms with van der Waals surface area (Å²) >= 11 is 0. The molecule has 0 atom stereocenters. The lowest BCUT2D eigenvalue weighted by molar-refractivity contribution is 0.590. The highest BCUT2D eigenvalue weighted by Crippen LogP contribution is 2.55. The van der Waals surface area contributed by atoms with E-state index in [1.54, 1.807) is 0 Å². The molecule has 0 aliphatic carbocycles. The Balaban J connectivity index is 0.899. The van der Waals surface area contributed by atoms with Crippen LogP contribution >= 0.6 is 0 Å². The Hall–Kier alpha value is -14.4. The van der Waals surface area contributed by atoms with Crippen LogP contribution in [0.4, 0.5) is 34.1 Å². The van der Waals surface area contributed by atoms with Crippen LogP contribution in [0.25, 0.3) is 154 Å². The molecule has 0 amide bonds. The Bertz CT molecular complexity index is 7530. The standard InChI is InChI=1S/C114H89BN6/c1-112(2,3)78-50-57-103-93(63-78)94-64-79(113(4,5)6)51-58-104(94)118(103)83-53-56-97-107(69-83)121(111-91(74-36-18-12-19-37-74)65-80(114(7,8)9)66-92(111)75-38-20-13-21-39-75)109-71-85(119-102-49-31-26-44-90(102)95-67-81(54-59-105(95)119)116-98-45-27-22-40-86(98)87-41-23-28-46-99(87)116)70-108-110(109)115(97)96-55-52-82(117-100-47-29-24-42-88(100)89-43-25-30-48-101(89)117)68-106(96)120(108)84-61-76(72-32-14-10-15-33-72)60-77(62-84)73-34-16-11-17-35-73/h10-71H,1-9H3. The molecule has 0 N–H and O–H groups in total. The van der Waals surface area contributed by atoms with Crippen molar-refractivity contribution in [2.75, 3.05) is 9.80 Å². The van der Waals surface area contributed by atoms with E-state index in [0.29, 0.717) is 0 Å². The van der Waals surface area contributed by atoms with Crippen molar-refractivity contribution < 1.29 is 0 Å². The van der Waals surface area contributed by atoms with Gasteiger partial charge in [0.25, 0.3) is 6.71 Å². The van der Waals surface area contributed by atoms with Gasteiger partial charge < -0.3 is 28.1 Å². The molecule has 0 saturated heterocycles. The second kappa shape index (κ2) is 27.1. The van der Waals surface area contributed by atoms with Gasteiger partial charge in [-0.05, 0) is 222 Å². The average molecular weight is 1550 g/mol. The predicted molar refractivity (Wildman–Crippen MR) is 516 cm³/mol. The van der Waals surface area contributed by atoms with Crippen LogP contribution in [0.15, 0.2) is 376 Å². The van der Waals surface area contributed by atoms with Crippen molar-refractivity contribution in [3.8, 4) is 67.3 Å². The van der Waals surface area contributed by atoms with E-state index in [1.807, 2.05) is 0 Å². The van der Waals surface area contributed by atoms with Crippen molar-refractivity contribution in [2.24, 2.45) is 0 Å². The van der Waals surface area contributed by atoms with E-state index in [9.17, 15) is 0 Å². The van der Waals surface area contributed by atoms with Gasteiger partial charge in [-0.2, -0.15) is 0 Å². The molecule has 0 unspecified atom stereocenters. The van der Waals surface area contributed by atoms with Crippen LogP contribution in [0, 0.1) is 0 Å². The lowest BCUT2D eigenvalue weighted by Crippen LogP contribution is -2.61. The molecule has 6 heterocycles. The van der Waals surface area contributed by atoms with Crippen molar-refractivity contribution in [3.63, 3.8) is 0 Å². The summed E-state index contributed by atoms with van der Waals surface area (Å²) in [5.41, 5.74) is 36.2. The molecule has 21 aromatic rings. The third-order valence-corrected chi connectivity index (χ3v) is 26.1. The zero-order valence-electron chi connectivity index (χ0n) is 69.6. The van der Waals surface area contributed by atoms with Crippen LogP contribution in [0.3, 0.4) is 0 Å². The molecule has 0 bridgehead atoms. The molecule has 17 aromatic carbocycles.